The number of rotatable bonds is 2. The Bertz CT molecular complexity index is 451. The van der Waals surface area contributed by atoms with E-state index in [0.29, 0.717) is 0 Å². The molecule has 1 saturated heterocycles. The molecule has 0 atom stereocenters. The minimum atomic E-state index is 0.113. The Morgan fingerprint density at radius 1 is 1.39 bits per heavy atom. The van der Waals surface area contributed by atoms with E-state index in [0.717, 1.165) is 36.2 Å². The van der Waals surface area contributed by atoms with Crippen LogP contribution >= 0.6 is 15.9 Å². The zero-order valence-corrected chi connectivity index (χ0v) is 12.1. The maximum Gasteiger partial charge on any atom is 0.246 e. The molecule has 1 N–H and O–H groups in total. The van der Waals surface area contributed by atoms with Crippen LogP contribution in [0.25, 0.3) is 6.08 Å². The maximum atomic E-state index is 12.0. The Labute approximate surface area is 116 Å². The summed E-state index contributed by atoms with van der Waals surface area (Å²) >= 11 is 3.42. The molecule has 3 nitrogen and oxygen atoms in total. The van der Waals surface area contributed by atoms with Gasteiger partial charge in [-0.15, -0.1) is 0 Å². The van der Waals surface area contributed by atoms with Crippen LogP contribution in [0.3, 0.4) is 0 Å². The molecule has 2 rings (SSSR count). The largest absolute Gasteiger partial charge is 0.334 e. The highest BCUT2D eigenvalue weighted by atomic mass is 79.9. The van der Waals surface area contributed by atoms with Crippen LogP contribution in [0.2, 0.25) is 0 Å². The quantitative estimate of drug-likeness (QED) is 0.804. The SMILES string of the molecule is C[NH+]1CCN(C(=O)/C=C/c2cccc(Br)c2)CC1. The fourth-order valence-corrected chi connectivity index (χ4v) is 2.41. The number of nitrogens with zero attached hydrogens (tertiary/aromatic N) is 1. The van der Waals surface area contributed by atoms with Crippen molar-refractivity contribution in [2.45, 2.75) is 0 Å². The van der Waals surface area contributed by atoms with Crippen molar-refractivity contribution in [3.05, 3.63) is 40.4 Å². The van der Waals surface area contributed by atoms with Gasteiger partial charge < -0.3 is 9.80 Å². The Kier molecular flexibility index (Phi) is 4.55. The molecule has 0 aliphatic carbocycles. The minimum absolute atomic E-state index is 0.113. The molecule has 0 unspecified atom stereocenters. The summed E-state index contributed by atoms with van der Waals surface area (Å²) in [6.45, 7) is 3.79. The van der Waals surface area contributed by atoms with Crippen molar-refractivity contribution < 1.29 is 9.69 Å². The van der Waals surface area contributed by atoms with E-state index in [1.165, 1.54) is 4.90 Å². The molecule has 1 aromatic rings. The van der Waals surface area contributed by atoms with Crippen molar-refractivity contribution in [1.29, 1.82) is 0 Å². The lowest BCUT2D eigenvalue weighted by molar-refractivity contribution is -0.883. The minimum Gasteiger partial charge on any atom is -0.334 e. The van der Waals surface area contributed by atoms with Crippen molar-refractivity contribution in [2.75, 3.05) is 33.2 Å². The van der Waals surface area contributed by atoms with Crippen LogP contribution in [0, 0.1) is 0 Å². The van der Waals surface area contributed by atoms with Gasteiger partial charge >= 0.3 is 0 Å². The number of hydrogen-bond donors (Lipinski definition) is 1. The molecule has 1 aliphatic heterocycles. The summed E-state index contributed by atoms with van der Waals surface area (Å²) in [5, 5.41) is 0. The fourth-order valence-electron chi connectivity index (χ4n) is 1.99. The Morgan fingerprint density at radius 2 is 2.11 bits per heavy atom. The van der Waals surface area contributed by atoms with Crippen molar-refractivity contribution >= 4 is 27.9 Å². The Hall–Kier alpha value is -1.13. The molecule has 1 aliphatic rings. The monoisotopic (exact) mass is 309 g/mol. The first-order chi connectivity index (χ1) is 8.65. The number of likely N-dealkylation sites (N-methyl/N-ethyl adjacent to an activating group) is 1. The number of hydrogen-bond acceptors (Lipinski definition) is 1. The third kappa shape index (κ3) is 3.68. The van der Waals surface area contributed by atoms with Crippen LogP contribution in [0.5, 0.6) is 0 Å². The zero-order valence-electron chi connectivity index (χ0n) is 10.5. The maximum absolute atomic E-state index is 12.0. The van der Waals surface area contributed by atoms with Crippen LogP contribution in [-0.4, -0.2) is 44.0 Å². The molecule has 4 heteroatoms. The predicted molar refractivity (Wildman–Crippen MR) is 76.4 cm³/mol. The number of carbonyl (C=O) groups is 1. The first kappa shape index (κ1) is 13.3. The highest BCUT2D eigenvalue weighted by Crippen LogP contribution is 2.12. The summed E-state index contributed by atoms with van der Waals surface area (Å²) in [5.74, 6) is 0.113. The second-order valence-corrected chi connectivity index (χ2v) is 5.59. The topological polar surface area (TPSA) is 24.8 Å². The van der Waals surface area contributed by atoms with E-state index in [2.05, 4.69) is 23.0 Å². The number of benzene rings is 1. The number of carbonyl (C=O) groups excluding carboxylic acids is 1. The van der Waals surface area contributed by atoms with Gasteiger partial charge in [0.05, 0.1) is 33.2 Å². The van der Waals surface area contributed by atoms with E-state index in [1.807, 2.05) is 35.2 Å². The van der Waals surface area contributed by atoms with E-state index in [4.69, 9.17) is 0 Å². The average molecular weight is 310 g/mol. The molecule has 0 aromatic heterocycles. The summed E-state index contributed by atoms with van der Waals surface area (Å²) in [4.78, 5) is 15.4. The summed E-state index contributed by atoms with van der Waals surface area (Å²) in [5.41, 5.74) is 1.04. The lowest BCUT2D eigenvalue weighted by Crippen LogP contribution is -3.12. The van der Waals surface area contributed by atoms with Crippen LogP contribution < -0.4 is 4.90 Å². The molecule has 18 heavy (non-hydrogen) atoms. The van der Waals surface area contributed by atoms with E-state index >= 15 is 0 Å². The molecular weight excluding hydrogens is 292 g/mol. The summed E-state index contributed by atoms with van der Waals surface area (Å²) in [7, 11) is 2.17. The molecule has 1 amide bonds. The molecule has 1 aromatic carbocycles. The van der Waals surface area contributed by atoms with Gasteiger partial charge in [0.25, 0.3) is 0 Å². The number of nitrogens with one attached hydrogen (secondary N) is 1. The normalized spacial score (nSPS) is 17.3. The molecule has 1 fully saturated rings. The van der Waals surface area contributed by atoms with Gasteiger partial charge in [-0.25, -0.2) is 0 Å². The van der Waals surface area contributed by atoms with Gasteiger partial charge in [0.2, 0.25) is 5.91 Å². The Morgan fingerprint density at radius 3 is 2.78 bits per heavy atom. The summed E-state index contributed by atoms with van der Waals surface area (Å²) in [6, 6.07) is 7.93. The highest BCUT2D eigenvalue weighted by Gasteiger charge is 2.19. The van der Waals surface area contributed by atoms with Crippen LogP contribution in [0.4, 0.5) is 0 Å². The number of amides is 1. The number of halogens is 1. The van der Waals surface area contributed by atoms with E-state index < -0.39 is 0 Å². The average Bonchev–Trinajstić information content (AvgIpc) is 2.37. The second kappa shape index (κ2) is 6.16. The first-order valence-corrected chi connectivity index (χ1v) is 6.98. The molecule has 0 bridgehead atoms. The van der Waals surface area contributed by atoms with Gasteiger partial charge in [0, 0.05) is 10.5 Å². The molecular formula is C14H18BrN2O+. The predicted octanol–water partition coefficient (Wildman–Crippen LogP) is 0.819. The second-order valence-electron chi connectivity index (χ2n) is 4.67. The van der Waals surface area contributed by atoms with E-state index in [9.17, 15) is 4.79 Å². The number of piperazine rings is 1. The fraction of sp³-hybridized carbons (Fsp3) is 0.357. The summed E-state index contributed by atoms with van der Waals surface area (Å²) in [6.07, 6.45) is 3.54. The van der Waals surface area contributed by atoms with Gasteiger partial charge in [0.1, 0.15) is 0 Å². The van der Waals surface area contributed by atoms with Crippen molar-refractivity contribution in [1.82, 2.24) is 4.90 Å². The molecule has 0 radical (unpaired) electrons. The van der Waals surface area contributed by atoms with Gasteiger partial charge in [-0.1, -0.05) is 28.1 Å². The van der Waals surface area contributed by atoms with E-state index in [1.54, 1.807) is 6.08 Å². The Balaban J connectivity index is 1.94. The lowest BCUT2D eigenvalue weighted by Gasteiger charge is -2.29. The molecule has 0 spiro atoms. The third-order valence-electron chi connectivity index (χ3n) is 3.20. The smallest absolute Gasteiger partial charge is 0.246 e. The van der Waals surface area contributed by atoms with Crippen LogP contribution in [-0.2, 0) is 4.79 Å². The first-order valence-electron chi connectivity index (χ1n) is 6.19. The molecule has 0 saturated carbocycles. The van der Waals surface area contributed by atoms with Gasteiger partial charge in [-0.2, -0.15) is 0 Å². The summed E-state index contributed by atoms with van der Waals surface area (Å²) < 4.78 is 1.03. The van der Waals surface area contributed by atoms with Crippen molar-refractivity contribution in [2.24, 2.45) is 0 Å². The van der Waals surface area contributed by atoms with Crippen molar-refractivity contribution in [3.63, 3.8) is 0 Å². The van der Waals surface area contributed by atoms with Crippen LogP contribution in [0.15, 0.2) is 34.8 Å². The van der Waals surface area contributed by atoms with E-state index in [-0.39, 0.29) is 5.91 Å². The standard InChI is InChI=1S/C14H17BrN2O/c1-16-7-9-17(10-8-16)14(18)6-5-12-3-2-4-13(15)11-12/h2-6,11H,7-10H2,1H3/p+1/b6-5+. The van der Waals surface area contributed by atoms with Crippen molar-refractivity contribution in [3.8, 4) is 0 Å². The highest BCUT2D eigenvalue weighted by molar-refractivity contribution is 9.10. The van der Waals surface area contributed by atoms with Crippen LogP contribution in [0.1, 0.15) is 5.56 Å². The lowest BCUT2D eigenvalue weighted by atomic mass is 10.2. The molecule has 1 heterocycles. The van der Waals surface area contributed by atoms with Gasteiger partial charge in [0.15, 0.2) is 0 Å². The van der Waals surface area contributed by atoms with Gasteiger partial charge in [-0.05, 0) is 23.8 Å². The third-order valence-corrected chi connectivity index (χ3v) is 3.69. The number of quaternary nitrogens is 1. The van der Waals surface area contributed by atoms with Gasteiger partial charge in [-0.3, -0.25) is 4.79 Å². The zero-order chi connectivity index (χ0) is 13.0. The molecule has 96 valence electrons.